The molecule has 3 rings (SSSR count). The molecule has 5 nitrogen and oxygen atoms in total. The van der Waals surface area contributed by atoms with Crippen LogP contribution in [0.15, 0.2) is 22.8 Å². The molecule has 24 heavy (non-hydrogen) atoms. The summed E-state index contributed by atoms with van der Waals surface area (Å²) in [7, 11) is 0. The predicted octanol–water partition coefficient (Wildman–Crippen LogP) is 2.00. The van der Waals surface area contributed by atoms with Crippen LogP contribution in [0.4, 0.5) is 4.39 Å². The number of allylic oxidation sites excluding steroid dienone is 1. The van der Waals surface area contributed by atoms with E-state index in [1.165, 1.54) is 5.57 Å². The van der Waals surface area contributed by atoms with Crippen molar-refractivity contribution in [2.24, 2.45) is 11.8 Å². The van der Waals surface area contributed by atoms with E-state index in [1.54, 1.807) is 0 Å². The molecule has 2 aliphatic heterocycles. The zero-order valence-electron chi connectivity index (χ0n) is 13.9. The lowest BCUT2D eigenvalue weighted by molar-refractivity contribution is 0.142. The predicted molar refractivity (Wildman–Crippen MR) is 93.5 cm³/mol. The zero-order valence-corrected chi connectivity index (χ0v) is 14.7. The molecule has 3 aliphatic rings. The van der Waals surface area contributed by atoms with Gasteiger partial charge in [0.15, 0.2) is 0 Å². The molecule has 136 valence electrons. The van der Waals surface area contributed by atoms with Crippen LogP contribution >= 0.6 is 11.6 Å². The summed E-state index contributed by atoms with van der Waals surface area (Å²) in [4.78, 5) is 0. The highest BCUT2D eigenvalue weighted by Crippen LogP contribution is 2.37. The number of piperidine rings is 1. The van der Waals surface area contributed by atoms with Gasteiger partial charge in [0.1, 0.15) is 6.17 Å². The molecule has 0 aromatic rings. The second kappa shape index (κ2) is 8.74. The lowest BCUT2D eigenvalue weighted by Gasteiger charge is -2.41. The van der Waals surface area contributed by atoms with Gasteiger partial charge >= 0.3 is 0 Å². The van der Waals surface area contributed by atoms with Gasteiger partial charge in [0.05, 0.1) is 12.8 Å². The number of hydrogen-bond acceptors (Lipinski definition) is 5. The third kappa shape index (κ3) is 4.36. The first-order valence-corrected chi connectivity index (χ1v) is 9.34. The fraction of sp³-hybridized carbons (Fsp3) is 0.765. The second-order valence-corrected chi connectivity index (χ2v) is 7.42. The normalized spacial score (nSPS) is 37.7. The summed E-state index contributed by atoms with van der Waals surface area (Å²) in [6.45, 7) is 2.15. The number of nitrogens with one attached hydrogen (secondary N) is 4. The van der Waals surface area contributed by atoms with E-state index >= 15 is 0 Å². The largest absolute Gasteiger partial charge is 0.316 e. The third-order valence-electron chi connectivity index (χ3n) is 5.39. The van der Waals surface area contributed by atoms with Gasteiger partial charge in [-0.3, -0.25) is 5.32 Å². The van der Waals surface area contributed by atoms with Crippen molar-refractivity contribution in [3.63, 3.8) is 0 Å². The summed E-state index contributed by atoms with van der Waals surface area (Å²) in [6, 6.07) is 0.0440. The minimum atomic E-state index is -0.833. The first kappa shape index (κ1) is 18.3. The van der Waals surface area contributed by atoms with E-state index in [9.17, 15) is 4.39 Å². The van der Waals surface area contributed by atoms with E-state index in [1.807, 2.05) is 6.08 Å². The Balaban J connectivity index is 1.72. The molecule has 0 amide bonds. The summed E-state index contributed by atoms with van der Waals surface area (Å²) >= 11 is 6.21. The number of alkyl halides is 1. The highest BCUT2D eigenvalue weighted by molar-refractivity contribution is 6.29. The first-order valence-electron chi connectivity index (χ1n) is 8.96. The Morgan fingerprint density at radius 2 is 2.17 bits per heavy atom. The van der Waals surface area contributed by atoms with Gasteiger partial charge in [-0.1, -0.05) is 29.3 Å². The van der Waals surface area contributed by atoms with Crippen molar-refractivity contribution in [3.8, 4) is 0 Å². The summed E-state index contributed by atoms with van der Waals surface area (Å²) in [6.07, 6.45) is 7.71. The number of halogens is 2. The molecule has 1 saturated heterocycles. The fourth-order valence-electron chi connectivity index (χ4n) is 4.22. The monoisotopic (exact) mass is 358 g/mol. The Morgan fingerprint density at radius 1 is 1.29 bits per heavy atom. The van der Waals surface area contributed by atoms with Gasteiger partial charge in [0.2, 0.25) is 0 Å². The van der Waals surface area contributed by atoms with Crippen LogP contribution in [0.3, 0.4) is 0 Å². The number of hydrogen-bond donors (Lipinski definition) is 5. The Morgan fingerprint density at radius 3 is 3.00 bits per heavy atom. The molecule has 0 bridgehead atoms. The molecule has 5 N–H and O–H groups in total. The topological polar surface area (TPSA) is 68.3 Å². The molecule has 0 aromatic carbocycles. The van der Waals surface area contributed by atoms with Crippen LogP contribution in [0.1, 0.15) is 32.1 Å². The quantitative estimate of drug-likeness (QED) is 0.295. The van der Waals surface area contributed by atoms with Gasteiger partial charge in [-0.15, -0.1) is 0 Å². The van der Waals surface area contributed by atoms with Crippen LogP contribution < -0.4 is 21.4 Å². The second-order valence-electron chi connectivity index (χ2n) is 6.94. The maximum Gasteiger partial charge on any atom is 0.109 e. The molecule has 2 heterocycles. The Bertz CT molecular complexity index is 487. The van der Waals surface area contributed by atoms with E-state index < -0.39 is 6.17 Å². The molecular weight excluding hydrogens is 331 g/mol. The molecular formula is C17H28ClFN4O. The molecule has 0 spiro atoms. The van der Waals surface area contributed by atoms with Crippen molar-refractivity contribution >= 4 is 11.6 Å². The smallest absolute Gasteiger partial charge is 0.109 e. The summed E-state index contributed by atoms with van der Waals surface area (Å²) < 4.78 is 14.6. The number of rotatable bonds is 5. The molecule has 5 atom stereocenters. The minimum Gasteiger partial charge on any atom is -0.316 e. The van der Waals surface area contributed by atoms with Gasteiger partial charge in [0.25, 0.3) is 0 Å². The van der Waals surface area contributed by atoms with Crippen LogP contribution in [-0.4, -0.2) is 43.3 Å². The van der Waals surface area contributed by atoms with Gasteiger partial charge in [0, 0.05) is 17.0 Å². The van der Waals surface area contributed by atoms with Crippen LogP contribution in [-0.2, 0) is 0 Å². The van der Waals surface area contributed by atoms with Crippen LogP contribution in [0.2, 0.25) is 0 Å². The van der Waals surface area contributed by atoms with E-state index in [0.717, 1.165) is 37.4 Å². The average molecular weight is 359 g/mol. The van der Waals surface area contributed by atoms with E-state index in [2.05, 4.69) is 27.5 Å². The Kier molecular flexibility index (Phi) is 6.66. The summed E-state index contributed by atoms with van der Waals surface area (Å²) in [5, 5.41) is 19.7. The van der Waals surface area contributed by atoms with Crippen molar-refractivity contribution in [2.45, 2.75) is 50.5 Å². The minimum absolute atomic E-state index is 0.0440. The standard InChI is InChI=1S/C17H28ClFN4O/c18-12-3-4-15(19)14(9-12)17-13(2-1-6-21-17)11-5-7-20-16(8-11)22-10-23-24/h2,9,11,14-17,20-24H,1,3-8,10H2. The van der Waals surface area contributed by atoms with Crippen molar-refractivity contribution in [1.29, 1.82) is 0 Å². The Hall–Kier alpha value is -0.500. The molecule has 1 aliphatic carbocycles. The van der Waals surface area contributed by atoms with Crippen molar-refractivity contribution in [2.75, 3.05) is 19.8 Å². The van der Waals surface area contributed by atoms with E-state index in [-0.39, 0.29) is 18.1 Å². The van der Waals surface area contributed by atoms with Crippen LogP contribution in [0, 0.1) is 11.8 Å². The summed E-state index contributed by atoms with van der Waals surface area (Å²) in [5.74, 6) is 0.250. The van der Waals surface area contributed by atoms with Crippen molar-refractivity contribution in [1.82, 2.24) is 21.4 Å². The Labute approximate surface area is 148 Å². The molecule has 5 unspecified atom stereocenters. The van der Waals surface area contributed by atoms with Gasteiger partial charge in [-0.05, 0) is 51.1 Å². The van der Waals surface area contributed by atoms with Gasteiger partial charge in [-0.25, -0.2) is 4.39 Å². The third-order valence-corrected chi connectivity index (χ3v) is 5.70. The zero-order chi connectivity index (χ0) is 16.9. The van der Waals surface area contributed by atoms with Crippen molar-refractivity contribution < 1.29 is 9.60 Å². The number of hydroxylamine groups is 1. The molecule has 7 heteroatoms. The maximum absolute atomic E-state index is 14.6. The molecule has 0 aromatic heterocycles. The van der Waals surface area contributed by atoms with Crippen LogP contribution in [0.5, 0.6) is 0 Å². The fourth-order valence-corrected chi connectivity index (χ4v) is 4.47. The lowest BCUT2D eigenvalue weighted by Crippen LogP contribution is -2.52. The van der Waals surface area contributed by atoms with E-state index in [0.29, 0.717) is 25.4 Å². The maximum atomic E-state index is 14.6. The molecule has 1 fully saturated rings. The van der Waals surface area contributed by atoms with E-state index in [4.69, 9.17) is 16.8 Å². The molecule has 0 radical (unpaired) electrons. The van der Waals surface area contributed by atoms with Gasteiger partial charge in [-0.2, -0.15) is 5.48 Å². The average Bonchev–Trinajstić information content (AvgIpc) is 2.62. The SMILES string of the molecule is ONCNC1CC(C2=CCCNC2C2C=C(Cl)CCC2F)CCN1. The lowest BCUT2D eigenvalue weighted by atomic mass is 9.75. The van der Waals surface area contributed by atoms with Crippen molar-refractivity contribution in [3.05, 3.63) is 22.8 Å². The summed E-state index contributed by atoms with van der Waals surface area (Å²) in [5.41, 5.74) is 3.47. The first-order chi connectivity index (χ1) is 11.7. The van der Waals surface area contributed by atoms with Crippen LogP contribution in [0.25, 0.3) is 0 Å². The molecule has 0 saturated carbocycles. The highest BCUT2D eigenvalue weighted by atomic mass is 35.5. The van der Waals surface area contributed by atoms with Gasteiger partial charge < -0.3 is 15.8 Å². The highest BCUT2D eigenvalue weighted by Gasteiger charge is 2.37.